The summed E-state index contributed by atoms with van der Waals surface area (Å²) in [5.41, 5.74) is 4.36. The van der Waals surface area contributed by atoms with Gasteiger partial charge in [0.05, 0.1) is 11.7 Å². The highest BCUT2D eigenvalue weighted by Crippen LogP contribution is 2.29. The van der Waals surface area contributed by atoms with Crippen molar-refractivity contribution in [3.63, 3.8) is 0 Å². The molecule has 0 aliphatic heterocycles. The van der Waals surface area contributed by atoms with Crippen LogP contribution in [-0.2, 0) is 17.6 Å². The molecule has 0 saturated heterocycles. The van der Waals surface area contributed by atoms with Crippen molar-refractivity contribution in [3.05, 3.63) is 58.1 Å². The summed E-state index contributed by atoms with van der Waals surface area (Å²) in [7, 11) is 0. The van der Waals surface area contributed by atoms with E-state index < -0.39 is 0 Å². The Kier molecular flexibility index (Phi) is 7.25. The Bertz CT molecular complexity index is 836. The zero-order valence-corrected chi connectivity index (χ0v) is 16.9. The second kappa shape index (κ2) is 9.42. The van der Waals surface area contributed by atoms with Gasteiger partial charge in [0.1, 0.15) is 0 Å². The SMILES string of the molecule is CCc1ccc(Cl)c(CC)c1NC(=O)NC(C)c1cccc(NC(C)=O)c1. The number of anilines is 2. The molecule has 0 aromatic heterocycles. The fourth-order valence-corrected chi connectivity index (χ4v) is 3.28. The maximum Gasteiger partial charge on any atom is 0.319 e. The average Bonchev–Trinajstić information content (AvgIpc) is 2.61. The topological polar surface area (TPSA) is 70.2 Å². The van der Waals surface area contributed by atoms with Crippen LogP contribution in [0, 0.1) is 0 Å². The Morgan fingerprint density at radius 1 is 1.07 bits per heavy atom. The average molecular weight is 388 g/mol. The minimum Gasteiger partial charge on any atom is -0.331 e. The number of carbonyl (C=O) groups is 2. The molecule has 0 bridgehead atoms. The molecule has 0 fully saturated rings. The van der Waals surface area contributed by atoms with Gasteiger partial charge in [-0.1, -0.05) is 43.6 Å². The van der Waals surface area contributed by atoms with Gasteiger partial charge in [-0.2, -0.15) is 0 Å². The van der Waals surface area contributed by atoms with E-state index in [9.17, 15) is 9.59 Å². The minimum absolute atomic E-state index is 0.134. The van der Waals surface area contributed by atoms with E-state index in [4.69, 9.17) is 11.6 Å². The van der Waals surface area contributed by atoms with Gasteiger partial charge in [0.25, 0.3) is 0 Å². The Morgan fingerprint density at radius 2 is 1.81 bits per heavy atom. The smallest absolute Gasteiger partial charge is 0.319 e. The molecule has 3 N–H and O–H groups in total. The second-order valence-corrected chi connectivity index (χ2v) is 6.80. The molecule has 6 heteroatoms. The van der Waals surface area contributed by atoms with Crippen molar-refractivity contribution in [3.8, 4) is 0 Å². The summed E-state index contributed by atoms with van der Waals surface area (Å²) < 4.78 is 0. The largest absolute Gasteiger partial charge is 0.331 e. The van der Waals surface area contributed by atoms with Crippen LogP contribution >= 0.6 is 11.6 Å². The van der Waals surface area contributed by atoms with Crippen LogP contribution in [0.5, 0.6) is 0 Å². The number of aryl methyl sites for hydroxylation is 1. The molecule has 2 aromatic carbocycles. The molecule has 3 amide bonds. The first-order valence-electron chi connectivity index (χ1n) is 9.11. The van der Waals surface area contributed by atoms with Gasteiger partial charge < -0.3 is 16.0 Å². The molecule has 0 heterocycles. The van der Waals surface area contributed by atoms with Crippen molar-refractivity contribution >= 4 is 34.9 Å². The molecule has 0 aliphatic carbocycles. The molecule has 0 radical (unpaired) electrons. The number of halogens is 1. The fourth-order valence-electron chi connectivity index (χ4n) is 2.99. The van der Waals surface area contributed by atoms with Crippen LogP contribution in [0.25, 0.3) is 0 Å². The number of amides is 3. The van der Waals surface area contributed by atoms with Crippen LogP contribution in [0.15, 0.2) is 36.4 Å². The van der Waals surface area contributed by atoms with Gasteiger partial charge in [0.2, 0.25) is 5.91 Å². The maximum absolute atomic E-state index is 12.6. The molecular formula is C21H26ClN3O2. The van der Waals surface area contributed by atoms with Gasteiger partial charge in [-0.05, 0) is 54.7 Å². The predicted molar refractivity (Wildman–Crippen MR) is 112 cm³/mol. The third-order valence-electron chi connectivity index (χ3n) is 4.37. The van der Waals surface area contributed by atoms with E-state index in [1.807, 2.05) is 57.2 Å². The summed E-state index contributed by atoms with van der Waals surface area (Å²) in [6.07, 6.45) is 1.53. The van der Waals surface area contributed by atoms with Crippen LogP contribution < -0.4 is 16.0 Å². The highest BCUT2D eigenvalue weighted by molar-refractivity contribution is 6.32. The lowest BCUT2D eigenvalue weighted by atomic mass is 10.0. The van der Waals surface area contributed by atoms with E-state index in [1.165, 1.54) is 6.92 Å². The first-order valence-corrected chi connectivity index (χ1v) is 9.48. The summed E-state index contributed by atoms with van der Waals surface area (Å²) in [5, 5.41) is 9.31. The molecule has 1 atom stereocenters. The number of hydrogen-bond donors (Lipinski definition) is 3. The number of benzene rings is 2. The third kappa shape index (κ3) is 5.47. The molecule has 27 heavy (non-hydrogen) atoms. The normalized spacial score (nSPS) is 11.6. The van der Waals surface area contributed by atoms with Crippen molar-refractivity contribution in [1.29, 1.82) is 0 Å². The van der Waals surface area contributed by atoms with E-state index >= 15 is 0 Å². The summed E-state index contributed by atoms with van der Waals surface area (Å²) in [6, 6.07) is 10.7. The van der Waals surface area contributed by atoms with Crippen molar-refractivity contribution in [2.75, 3.05) is 10.6 Å². The first-order chi connectivity index (χ1) is 12.8. The van der Waals surface area contributed by atoms with Crippen LogP contribution in [-0.4, -0.2) is 11.9 Å². The molecule has 1 unspecified atom stereocenters. The van der Waals surface area contributed by atoms with Crippen molar-refractivity contribution in [2.45, 2.75) is 46.6 Å². The van der Waals surface area contributed by atoms with E-state index in [0.717, 1.165) is 35.2 Å². The molecule has 0 aliphatic rings. The van der Waals surface area contributed by atoms with Crippen LogP contribution in [0.4, 0.5) is 16.2 Å². The zero-order chi connectivity index (χ0) is 20.0. The second-order valence-electron chi connectivity index (χ2n) is 6.39. The standard InChI is InChI=1S/C21H26ClN3O2/c1-5-15-10-11-19(22)18(6-2)20(15)25-21(27)23-13(3)16-8-7-9-17(12-16)24-14(4)26/h7-13H,5-6H2,1-4H3,(H,24,26)(H2,23,25,27). The summed E-state index contributed by atoms with van der Waals surface area (Å²) >= 11 is 6.30. The van der Waals surface area contributed by atoms with Gasteiger partial charge in [0.15, 0.2) is 0 Å². The molecule has 5 nitrogen and oxygen atoms in total. The Hall–Kier alpha value is -2.53. The fraction of sp³-hybridized carbons (Fsp3) is 0.333. The number of carbonyl (C=O) groups excluding carboxylic acids is 2. The Labute approximate surface area is 165 Å². The van der Waals surface area contributed by atoms with Crippen LogP contribution in [0.1, 0.15) is 50.4 Å². The van der Waals surface area contributed by atoms with Crippen molar-refractivity contribution < 1.29 is 9.59 Å². The predicted octanol–water partition coefficient (Wildman–Crippen LogP) is 5.31. The molecular weight excluding hydrogens is 362 g/mol. The quantitative estimate of drug-likeness (QED) is 0.628. The van der Waals surface area contributed by atoms with Gasteiger partial charge in [-0.3, -0.25) is 4.79 Å². The van der Waals surface area contributed by atoms with E-state index in [-0.39, 0.29) is 18.0 Å². The van der Waals surface area contributed by atoms with Crippen LogP contribution in [0.2, 0.25) is 5.02 Å². The van der Waals surface area contributed by atoms with Gasteiger partial charge in [0, 0.05) is 17.6 Å². The summed E-state index contributed by atoms with van der Waals surface area (Å²) in [4.78, 5) is 23.8. The van der Waals surface area contributed by atoms with Gasteiger partial charge in [-0.25, -0.2) is 4.79 Å². The lowest BCUT2D eigenvalue weighted by molar-refractivity contribution is -0.114. The van der Waals surface area contributed by atoms with Crippen molar-refractivity contribution in [2.24, 2.45) is 0 Å². The van der Waals surface area contributed by atoms with Gasteiger partial charge >= 0.3 is 6.03 Å². The Morgan fingerprint density at radius 3 is 2.44 bits per heavy atom. The van der Waals surface area contributed by atoms with E-state index in [2.05, 4.69) is 16.0 Å². The minimum atomic E-state index is -0.293. The first kappa shape index (κ1) is 20.8. The highest BCUT2D eigenvalue weighted by atomic mass is 35.5. The van der Waals surface area contributed by atoms with Crippen molar-refractivity contribution in [1.82, 2.24) is 5.32 Å². The number of hydrogen-bond acceptors (Lipinski definition) is 2. The molecule has 0 saturated carbocycles. The van der Waals surface area contributed by atoms with Gasteiger partial charge in [-0.15, -0.1) is 0 Å². The number of urea groups is 1. The zero-order valence-electron chi connectivity index (χ0n) is 16.2. The molecule has 144 valence electrons. The molecule has 2 rings (SSSR count). The van der Waals surface area contributed by atoms with E-state index in [1.54, 1.807) is 0 Å². The highest BCUT2D eigenvalue weighted by Gasteiger charge is 2.15. The summed E-state index contributed by atoms with van der Waals surface area (Å²) in [5.74, 6) is -0.134. The Balaban J connectivity index is 2.14. The maximum atomic E-state index is 12.6. The lowest BCUT2D eigenvalue weighted by Crippen LogP contribution is -2.32. The third-order valence-corrected chi connectivity index (χ3v) is 4.72. The van der Waals surface area contributed by atoms with Crippen LogP contribution in [0.3, 0.4) is 0 Å². The van der Waals surface area contributed by atoms with E-state index in [0.29, 0.717) is 10.7 Å². The number of rotatable bonds is 6. The molecule has 2 aromatic rings. The molecule has 0 spiro atoms. The monoisotopic (exact) mass is 387 g/mol. The lowest BCUT2D eigenvalue weighted by Gasteiger charge is -2.19. The number of nitrogens with one attached hydrogen (secondary N) is 3. The summed E-state index contributed by atoms with van der Waals surface area (Å²) in [6.45, 7) is 7.41.